The third-order valence-electron chi connectivity index (χ3n) is 1.23. The van der Waals surface area contributed by atoms with E-state index < -0.39 is 0 Å². The summed E-state index contributed by atoms with van der Waals surface area (Å²) in [6.07, 6.45) is 0. The van der Waals surface area contributed by atoms with Crippen LogP contribution in [0.15, 0.2) is 29.3 Å². The molecule has 0 aliphatic heterocycles. The zero-order chi connectivity index (χ0) is 8.27. The first-order chi connectivity index (χ1) is 5.25. The fourth-order valence-corrected chi connectivity index (χ4v) is 1.66. The van der Waals surface area contributed by atoms with Crippen molar-refractivity contribution in [2.45, 2.75) is 0 Å². The highest BCUT2D eigenvalue weighted by Crippen LogP contribution is 2.28. The topological polar surface area (TPSA) is 0 Å². The van der Waals surface area contributed by atoms with Crippen molar-refractivity contribution in [1.29, 1.82) is 0 Å². The molecule has 0 atom stereocenters. The third kappa shape index (κ3) is 2.32. The van der Waals surface area contributed by atoms with Gasteiger partial charge in [-0.25, -0.2) is 0 Å². The van der Waals surface area contributed by atoms with Crippen molar-refractivity contribution in [2.24, 2.45) is 0 Å². The van der Waals surface area contributed by atoms with Crippen molar-refractivity contribution in [3.63, 3.8) is 0 Å². The first-order valence-corrected chi connectivity index (χ1v) is 5.05. The minimum atomic E-state index is 0.745. The van der Waals surface area contributed by atoms with Crippen molar-refractivity contribution in [3.8, 4) is 0 Å². The SMILES string of the molecule is Clc1ccccc1/C(Br)=C\Br. The third-order valence-corrected chi connectivity index (χ3v) is 3.28. The molecule has 0 saturated heterocycles. The summed E-state index contributed by atoms with van der Waals surface area (Å²) in [6.45, 7) is 0. The van der Waals surface area contributed by atoms with Gasteiger partial charge < -0.3 is 0 Å². The fraction of sp³-hybridized carbons (Fsp3) is 0. The highest BCUT2D eigenvalue weighted by Gasteiger charge is 2.00. The zero-order valence-electron chi connectivity index (χ0n) is 5.52. The molecule has 0 N–H and O–H groups in total. The predicted octanol–water partition coefficient (Wildman–Crippen LogP) is 4.43. The Labute approximate surface area is 87.5 Å². The zero-order valence-corrected chi connectivity index (χ0v) is 9.45. The summed E-state index contributed by atoms with van der Waals surface area (Å²) in [7, 11) is 0. The molecule has 11 heavy (non-hydrogen) atoms. The summed E-state index contributed by atoms with van der Waals surface area (Å²) in [5.41, 5.74) is 0.992. The van der Waals surface area contributed by atoms with Crippen LogP contribution in [0.25, 0.3) is 4.48 Å². The Morgan fingerprint density at radius 3 is 2.55 bits per heavy atom. The van der Waals surface area contributed by atoms with Crippen LogP contribution in [0.3, 0.4) is 0 Å². The molecular formula is C8H5Br2Cl. The molecule has 1 aromatic rings. The predicted molar refractivity (Wildman–Crippen MR) is 57.3 cm³/mol. The van der Waals surface area contributed by atoms with Crippen LogP contribution in [-0.4, -0.2) is 0 Å². The van der Waals surface area contributed by atoms with Gasteiger partial charge in [0.1, 0.15) is 0 Å². The second-order valence-electron chi connectivity index (χ2n) is 1.94. The summed E-state index contributed by atoms with van der Waals surface area (Å²) in [5, 5.41) is 0.745. The quantitative estimate of drug-likeness (QED) is 0.719. The van der Waals surface area contributed by atoms with Crippen LogP contribution in [0, 0.1) is 0 Å². The smallest absolute Gasteiger partial charge is 0.0489 e. The normalized spacial score (nSPS) is 11.7. The lowest BCUT2D eigenvalue weighted by Gasteiger charge is -1.99. The van der Waals surface area contributed by atoms with Gasteiger partial charge in [0.2, 0.25) is 0 Å². The monoisotopic (exact) mass is 294 g/mol. The fourth-order valence-electron chi connectivity index (χ4n) is 0.714. The van der Waals surface area contributed by atoms with Crippen molar-refractivity contribution in [3.05, 3.63) is 39.8 Å². The molecule has 0 heterocycles. The van der Waals surface area contributed by atoms with E-state index >= 15 is 0 Å². The lowest BCUT2D eigenvalue weighted by Crippen LogP contribution is -1.75. The first-order valence-electron chi connectivity index (χ1n) is 2.96. The lowest BCUT2D eigenvalue weighted by atomic mass is 10.2. The van der Waals surface area contributed by atoms with Crippen molar-refractivity contribution < 1.29 is 0 Å². The maximum Gasteiger partial charge on any atom is 0.0489 e. The van der Waals surface area contributed by atoms with E-state index in [9.17, 15) is 0 Å². The molecule has 58 valence electrons. The molecule has 0 aliphatic carbocycles. The molecule has 0 bridgehead atoms. The van der Waals surface area contributed by atoms with E-state index in [4.69, 9.17) is 11.6 Å². The van der Waals surface area contributed by atoms with Crippen LogP contribution in [0.1, 0.15) is 5.56 Å². The summed E-state index contributed by atoms with van der Waals surface area (Å²) < 4.78 is 0.947. The van der Waals surface area contributed by atoms with Crippen molar-refractivity contribution in [2.75, 3.05) is 0 Å². The van der Waals surface area contributed by atoms with Crippen LogP contribution in [0.4, 0.5) is 0 Å². The summed E-state index contributed by atoms with van der Waals surface area (Å²) in [5.74, 6) is 0. The van der Waals surface area contributed by atoms with Crippen LogP contribution in [-0.2, 0) is 0 Å². The van der Waals surface area contributed by atoms with Gasteiger partial charge in [0.15, 0.2) is 0 Å². The highest BCUT2D eigenvalue weighted by molar-refractivity contribution is 9.16. The molecule has 0 aliphatic rings. The molecule has 3 heteroatoms. The number of halogens is 3. The Hall–Kier alpha value is 0.210. The second-order valence-corrected chi connectivity index (χ2v) is 3.66. The Bertz CT molecular complexity index is 281. The Morgan fingerprint density at radius 2 is 2.00 bits per heavy atom. The molecule has 0 saturated carbocycles. The Kier molecular flexibility index (Phi) is 3.63. The van der Waals surface area contributed by atoms with Gasteiger partial charge in [-0.3, -0.25) is 0 Å². The van der Waals surface area contributed by atoms with E-state index in [1.807, 2.05) is 24.3 Å². The summed E-state index contributed by atoms with van der Waals surface area (Å²) in [4.78, 5) is 1.79. The molecular weight excluding hydrogens is 291 g/mol. The van der Waals surface area contributed by atoms with E-state index in [-0.39, 0.29) is 0 Å². The van der Waals surface area contributed by atoms with Crippen LogP contribution in [0.2, 0.25) is 5.02 Å². The minimum Gasteiger partial charge on any atom is -0.0836 e. The average molecular weight is 296 g/mol. The van der Waals surface area contributed by atoms with Crippen LogP contribution in [0.5, 0.6) is 0 Å². The number of hydrogen-bond acceptors (Lipinski definition) is 0. The van der Waals surface area contributed by atoms with Gasteiger partial charge in [-0.05, 0) is 27.0 Å². The summed E-state index contributed by atoms with van der Waals surface area (Å²) >= 11 is 12.5. The van der Waals surface area contributed by atoms with E-state index in [0.717, 1.165) is 15.1 Å². The number of rotatable bonds is 1. The van der Waals surface area contributed by atoms with E-state index in [1.165, 1.54) is 0 Å². The van der Waals surface area contributed by atoms with Crippen LogP contribution >= 0.6 is 43.5 Å². The first kappa shape index (κ1) is 9.30. The molecule has 0 amide bonds. The number of hydrogen-bond donors (Lipinski definition) is 0. The Balaban J connectivity index is 3.14. The van der Waals surface area contributed by atoms with Gasteiger partial charge in [0.25, 0.3) is 0 Å². The molecule has 1 aromatic carbocycles. The van der Waals surface area contributed by atoms with Gasteiger partial charge >= 0.3 is 0 Å². The van der Waals surface area contributed by atoms with E-state index in [1.54, 1.807) is 4.99 Å². The second kappa shape index (κ2) is 4.29. The Morgan fingerprint density at radius 1 is 1.36 bits per heavy atom. The molecule has 0 fully saturated rings. The summed E-state index contributed by atoms with van der Waals surface area (Å²) in [6, 6.07) is 7.65. The minimum absolute atomic E-state index is 0.745. The van der Waals surface area contributed by atoms with E-state index in [0.29, 0.717) is 0 Å². The lowest BCUT2D eigenvalue weighted by molar-refractivity contribution is 1.66. The molecule has 0 nitrogen and oxygen atoms in total. The number of benzene rings is 1. The van der Waals surface area contributed by atoms with Gasteiger partial charge in [-0.1, -0.05) is 45.7 Å². The van der Waals surface area contributed by atoms with E-state index in [2.05, 4.69) is 31.9 Å². The maximum absolute atomic E-state index is 5.91. The van der Waals surface area contributed by atoms with Gasteiger partial charge in [-0.15, -0.1) is 0 Å². The molecule has 0 radical (unpaired) electrons. The largest absolute Gasteiger partial charge is 0.0836 e. The van der Waals surface area contributed by atoms with Gasteiger partial charge in [0, 0.05) is 15.1 Å². The molecule has 0 aromatic heterocycles. The average Bonchev–Trinajstić information content (AvgIpc) is 2.04. The van der Waals surface area contributed by atoms with Crippen LogP contribution < -0.4 is 0 Å². The highest BCUT2D eigenvalue weighted by atomic mass is 79.9. The van der Waals surface area contributed by atoms with Crippen molar-refractivity contribution >= 4 is 47.9 Å². The van der Waals surface area contributed by atoms with Gasteiger partial charge in [-0.2, -0.15) is 0 Å². The molecule has 0 unspecified atom stereocenters. The molecule has 1 rings (SSSR count). The van der Waals surface area contributed by atoms with Gasteiger partial charge in [0.05, 0.1) is 0 Å². The van der Waals surface area contributed by atoms with Crippen molar-refractivity contribution in [1.82, 2.24) is 0 Å². The molecule has 0 spiro atoms. The maximum atomic E-state index is 5.91. The standard InChI is InChI=1S/C8H5Br2Cl/c9-5-7(10)6-3-1-2-4-8(6)11/h1-5H/b7-5+.